The molecule has 0 radical (unpaired) electrons. The molecule has 0 spiro atoms. The minimum absolute atomic E-state index is 0.0851. The molecule has 1 unspecified atom stereocenters. The lowest BCUT2D eigenvalue weighted by molar-refractivity contribution is -0.117. The third-order valence-corrected chi connectivity index (χ3v) is 3.39. The van der Waals surface area contributed by atoms with Crippen LogP contribution >= 0.6 is 0 Å². The first-order valence-electron chi connectivity index (χ1n) is 6.43. The van der Waals surface area contributed by atoms with Crippen LogP contribution in [0.5, 0.6) is 0 Å². The topological polar surface area (TPSA) is 42.2 Å². The number of rotatable bonds is 3. The van der Waals surface area contributed by atoms with E-state index in [1.54, 1.807) is 18.4 Å². The van der Waals surface area contributed by atoms with Crippen LogP contribution in [0.25, 0.3) is 6.08 Å². The van der Waals surface area contributed by atoms with Gasteiger partial charge in [-0.05, 0) is 42.2 Å². The van der Waals surface area contributed by atoms with E-state index >= 15 is 0 Å². The number of nitrogens with one attached hydrogen (secondary N) is 1. The average Bonchev–Trinajstić information content (AvgIpc) is 3.07. The Labute approximate surface area is 111 Å². The van der Waals surface area contributed by atoms with Crippen LogP contribution in [-0.4, -0.2) is 5.91 Å². The Morgan fingerprint density at radius 1 is 1.26 bits per heavy atom. The maximum absolute atomic E-state index is 11.9. The van der Waals surface area contributed by atoms with E-state index in [-0.39, 0.29) is 11.9 Å². The van der Waals surface area contributed by atoms with Gasteiger partial charge in [-0.1, -0.05) is 24.3 Å². The van der Waals surface area contributed by atoms with Crippen molar-refractivity contribution in [2.45, 2.75) is 18.9 Å². The molecule has 1 aliphatic rings. The first-order chi connectivity index (χ1) is 9.33. The van der Waals surface area contributed by atoms with Crippen molar-refractivity contribution in [1.29, 1.82) is 0 Å². The molecule has 1 aromatic carbocycles. The van der Waals surface area contributed by atoms with Crippen molar-refractivity contribution in [3.63, 3.8) is 0 Å². The number of amides is 1. The third kappa shape index (κ3) is 2.60. The van der Waals surface area contributed by atoms with Crippen molar-refractivity contribution in [2.75, 3.05) is 0 Å². The van der Waals surface area contributed by atoms with E-state index in [1.807, 2.05) is 18.2 Å². The van der Waals surface area contributed by atoms with E-state index in [0.717, 1.165) is 12.8 Å². The van der Waals surface area contributed by atoms with Crippen molar-refractivity contribution in [3.8, 4) is 0 Å². The number of aryl methyl sites for hydroxylation is 1. The minimum Gasteiger partial charge on any atom is -0.465 e. The fraction of sp³-hybridized carbons (Fsp3) is 0.188. The quantitative estimate of drug-likeness (QED) is 0.854. The number of hydrogen-bond donors (Lipinski definition) is 1. The minimum atomic E-state index is -0.0851. The smallest absolute Gasteiger partial charge is 0.244 e. The maximum atomic E-state index is 11.9. The zero-order valence-electron chi connectivity index (χ0n) is 10.5. The Morgan fingerprint density at radius 2 is 2.16 bits per heavy atom. The lowest BCUT2D eigenvalue weighted by Crippen LogP contribution is -2.25. The predicted molar refractivity (Wildman–Crippen MR) is 73.4 cm³/mol. The number of carbonyl (C=O) groups is 1. The standard InChI is InChI=1S/C16H15NO2/c18-16(10-8-13-5-3-11-19-13)17-15-9-7-12-4-1-2-6-14(12)15/h1-6,8,10-11,15H,7,9H2,(H,17,18)/b10-8+. The molecule has 96 valence electrons. The molecule has 2 aromatic rings. The van der Waals surface area contributed by atoms with Gasteiger partial charge in [0.25, 0.3) is 0 Å². The van der Waals surface area contributed by atoms with Crippen LogP contribution in [0.15, 0.2) is 53.2 Å². The fourth-order valence-electron chi connectivity index (χ4n) is 2.47. The zero-order chi connectivity index (χ0) is 13.1. The summed E-state index contributed by atoms with van der Waals surface area (Å²) >= 11 is 0. The Balaban J connectivity index is 1.65. The highest BCUT2D eigenvalue weighted by atomic mass is 16.3. The van der Waals surface area contributed by atoms with Gasteiger partial charge < -0.3 is 9.73 Å². The van der Waals surface area contributed by atoms with Gasteiger partial charge >= 0.3 is 0 Å². The van der Waals surface area contributed by atoms with Gasteiger partial charge in [0.15, 0.2) is 0 Å². The van der Waals surface area contributed by atoms with Gasteiger partial charge in [0.1, 0.15) is 5.76 Å². The number of fused-ring (bicyclic) bond motifs is 1. The number of furan rings is 1. The lowest BCUT2D eigenvalue weighted by Gasteiger charge is -2.12. The maximum Gasteiger partial charge on any atom is 0.244 e. The van der Waals surface area contributed by atoms with Gasteiger partial charge in [0.2, 0.25) is 5.91 Å². The predicted octanol–water partition coefficient (Wildman–Crippen LogP) is 3.10. The van der Waals surface area contributed by atoms with Crippen molar-refractivity contribution in [3.05, 3.63) is 65.6 Å². The van der Waals surface area contributed by atoms with Gasteiger partial charge in [0, 0.05) is 6.08 Å². The normalized spacial score (nSPS) is 17.6. The summed E-state index contributed by atoms with van der Waals surface area (Å²) in [6.07, 6.45) is 6.78. The van der Waals surface area contributed by atoms with E-state index < -0.39 is 0 Å². The summed E-state index contributed by atoms with van der Waals surface area (Å²) in [6.45, 7) is 0. The van der Waals surface area contributed by atoms with Crippen LogP contribution in [0.2, 0.25) is 0 Å². The molecule has 1 aromatic heterocycles. The molecule has 0 saturated carbocycles. The summed E-state index contributed by atoms with van der Waals surface area (Å²) in [6, 6.07) is 12.0. The summed E-state index contributed by atoms with van der Waals surface area (Å²) < 4.78 is 5.14. The summed E-state index contributed by atoms with van der Waals surface area (Å²) in [4.78, 5) is 11.9. The number of hydrogen-bond acceptors (Lipinski definition) is 2. The number of carbonyl (C=O) groups excluding carboxylic acids is 1. The molecule has 0 bridgehead atoms. The van der Waals surface area contributed by atoms with Crippen molar-refractivity contribution in [1.82, 2.24) is 5.32 Å². The highest BCUT2D eigenvalue weighted by Crippen LogP contribution is 2.30. The second kappa shape index (κ2) is 5.14. The zero-order valence-corrected chi connectivity index (χ0v) is 10.5. The summed E-state index contributed by atoms with van der Waals surface area (Å²) in [5.74, 6) is 0.597. The second-order valence-electron chi connectivity index (χ2n) is 4.65. The molecule has 0 fully saturated rings. The van der Waals surface area contributed by atoms with Gasteiger partial charge in [-0.3, -0.25) is 4.79 Å². The Hall–Kier alpha value is -2.29. The SMILES string of the molecule is O=C(/C=C/c1ccco1)NC1CCc2ccccc21. The molecule has 3 rings (SSSR count). The first kappa shape index (κ1) is 11.8. The van der Waals surface area contributed by atoms with Gasteiger partial charge in [0.05, 0.1) is 12.3 Å². The summed E-state index contributed by atoms with van der Waals surface area (Å²) in [5, 5.41) is 3.03. The highest BCUT2D eigenvalue weighted by Gasteiger charge is 2.22. The lowest BCUT2D eigenvalue weighted by atomic mass is 10.1. The van der Waals surface area contributed by atoms with Crippen molar-refractivity contribution in [2.24, 2.45) is 0 Å². The van der Waals surface area contributed by atoms with Crippen molar-refractivity contribution >= 4 is 12.0 Å². The second-order valence-corrected chi connectivity index (χ2v) is 4.65. The monoisotopic (exact) mass is 253 g/mol. The van der Waals surface area contributed by atoms with E-state index in [0.29, 0.717) is 5.76 Å². The Bertz CT molecular complexity index is 599. The fourth-order valence-corrected chi connectivity index (χ4v) is 2.47. The molecular formula is C16H15NO2. The van der Waals surface area contributed by atoms with E-state index in [2.05, 4.69) is 17.4 Å². The van der Waals surface area contributed by atoms with Crippen LogP contribution in [0, 0.1) is 0 Å². The van der Waals surface area contributed by atoms with Crippen LogP contribution < -0.4 is 5.32 Å². The molecule has 1 atom stereocenters. The Kier molecular flexibility index (Phi) is 3.19. The molecule has 1 aliphatic carbocycles. The van der Waals surface area contributed by atoms with E-state index in [1.165, 1.54) is 17.2 Å². The molecule has 19 heavy (non-hydrogen) atoms. The Morgan fingerprint density at radius 3 is 3.00 bits per heavy atom. The molecule has 0 saturated heterocycles. The molecule has 0 aliphatic heterocycles. The van der Waals surface area contributed by atoms with Crippen LogP contribution in [0.1, 0.15) is 29.3 Å². The van der Waals surface area contributed by atoms with Crippen LogP contribution in [0.4, 0.5) is 0 Å². The van der Waals surface area contributed by atoms with Crippen LogP contribution in [0.3, 0.4) is 0 Å². The third-order valence-electron chi connectivity index (χ3n) is 3.39. The average molecular weight is 253 g/mol. The van der Waals surface area contributed by atoms with E-state index in [4.69, 9.17) is 4.42 Å². The molecule has 1 N–H and O–H groups in total. The largest absolute Gasteiger partial charge is 0.465 e. The molecule has 3 nitrogen and oxygen atoms in total. The van der Waals surface area contributed by atoms with Crippen LogP contribution in [-0.2, 0) is 11.2 Å². The van der Waals surface area contributed by atoms with Gasteiger partial charge in [-0.25, -0.2) is 0 Å². The molecule has 1 amide bonds. The van der Waals surface area contributed by atoms with Crippen molar-refractivity contribution < 1.29 is 9.21 Å². The summed E-state index contributed by atoms with van der Waals surface area (Å²) in [5.41, 5.74) is 2.57. The molecule has 1 heterocycles. The first-order valence-corrected chi connectivity index (χ1v) is 6.43. The molecular weight excluding hydrogens is 238 g/mol. The number of benzene rings is 1. The molecule has 3 heteroatoms. The van der Waals surface area contributed by atoms with E-state index in [9.17, 15) is 4.79 Å². The highest BCUT2D eigenvalue weighted by molar-refractivity contribution is 5.91. The summed E-state index contributed by atoms with van der Waals surface area (Å²) in [7, 11) is 0. The van der Waals surface area contributed by atoms with Gasteiger partial charge in [-0.2, -0.15) is 0 Å². The van der Waals surface area contributed by atoms with Gasteiger partial charge in [-0.15, -0.1) is 0 Å².